The third-order valence-corrected chi connectivity index (χ3v) is 7.56. The Morgan fingerprint density at radius 1 is 1.25 bits per heavy atom. The first kappa shape index (κ1) is 25.7. The van der Waals surface area contributed by atoms with Crippen LogP contribution in [0.4, 0.5) is 9.52 Å². The molecule has 0 aliphatic heterocycles. The Morgan fingerprint density at radius 3 is 2.75 bits per heavy atom. The quantitative estimate of drug-likeness (QED) is 0.339. The molecule has 2 N–H and O–H groups in total. The minimum absolute atomic E-state index is 0.161. The van der Waals surface area contributed by atoms with Gasteiger partial charge in [-0.3, -0.25) is 14.5 Å². The van der Waals surface area contributed by atoms with Crippen molar-refractivity contribution >= 4 is 32.4 Å². The molecule has 4 rings (SSSR count). The summed E-state index contributed by atoms with van der Waals surface area (Å²) >= 11 is 1.10. The van der Waals surface area contributed by atoms with Crippen LogP contribution in [0.3, 0.4) is 0 Å². The summed E-state index contributed by atoms with van der Waals surface area (Å²) in [7, 11) is -2.05. The molecule has 1 unspecified atom stereocenters. The summed E-state index contributed by atoms with van der Waals surface area (Å²) in [6.45, 7) is 2.53. The van der Waals surface area contributed by atoms with Gasteiger partial charge in [0.15, 0.2) is 5.13 Å². The van der Waals surface area contributed by atoms with Crippen molar-refractivity contribution < 1.29 is 27.1 Å². The highest BCUT2D eigenvalue weighted by atomic mass is 32.2. The van der Waals surface area contributed by atoms with Gasteiger partial charge in [-0.25, -0.2) is 22.8 Å². The molecule has 1 aliphatic rings. The molecule has 3 aromatic rings. The molecule has 0 bridgehead atoms. The van der Waals surface area contributed by atoms with Crippen LogP contribution in [0.15, 0.2) is 48.1 Å². The van der Waals surface area contributed by atoms with Crippen LogP contribution >= 0.6 is 11.3 Å². The molecule has 36 heavy (non-hydrogen) atoms. The first-order valence-electron chi connectivity index (χ1n) is 11.0. The summed E-state index contributed by atoms with van der Waals surface area (Å²) in [6, 6.07) is 3.52. The van der Waals surface area contributed by atoms with Crippen LogP contribution in [0.25, 0.3) is 11.3 Å². The summed E-state index contributed by atoms with van der Waals surface area (Å²) in [6.07, 6.45) is 6.40. The molecule has 1 amide bonds. The maximum atomic E-state index is 14.9. The minimum Gasteiger partial charge on any atom is -0.477 e. The van der Waals surface area contributed by atoms with E-state index in [0.29, 0.717) is 42.5 Å². The first-order chi connectivity index (χ1) is 17.3. The second kappa shape index (κ2) is 11.1. The van der Waals surface area contributed by atoms with Gasteiger partial charge in [0.1, 0.15) is 11.1 Å². The Hall–Kier alpha value is -3.42. The van der Waals surface area contributed by atoms with Gasteiger partial charge >= 0.3 is 0 Å². The average Bonchev–Trinajstić information content (AvgIpc) is 3.63. The van der Waals surface area contributed by atoms with Gasteiger partial charge in [-0.1, -0.05) is 18.2 Å². The molecule has 0 radical (unpaired) electrons. The van der Waals surface area contributed by atoms with Crippen LogP contribution in [-0.4, -0.2) is 54.9 Å². The zero-order valence-corrected chi connectivity index (χ0v) is 21.1. The molecule has 10 nitrogen and oxygen atoms in total. The number of carbonyl (C=O) groups is 1. The van der Waals surface area contributed by atoms with Crippen molar-refractivity contribution in [1.29, 1.82) is 0 Å². The van der Waals surface area contributed by atoms with Crippen molar-refractivity contribution in [3.63, 3.8) is 0 Å². The van der Waals surface area contributed by atoms with Gasteiger partial charge in [0.2, 0.25) is 15.9 Å². The zero-order valence-electron chi connectivity index (χ0n) is 19.5. The van der Waals surface area contributed by atoms with Crippen LogP contribution in [0, 0.1) is 5.82 Å². The molecule has 0 spiro atoms. The molecule has 13 heteroatoms. The number of amides is 1. The predicted octanol–water partition coefficient (Wildman–Crippen LogP) is 3.33. The number of hydrogen-bond donors (Lipinski definition) is 2. The average molecular weight is 534 g/mol. The lowest BCUT2D eigenvalue weighted by Gasteiger charge is -2.17. The number of anilines is 1. The number of thiazole rings is 1. The summed E-state index contributed by atoms with van der Waals surface area (Å²) in [4.78, 5) is 25.6. The summed E-state index contributed by atoms with van der Waals surface area (Å²) in [5.74, 6) is -1.06. The Bertz CT molecular complexity index is 1370. The molecule has 2 heterocycles. The third kappa shape index (κ3) is 6.22. The SMILES string of the molecule is CCOc1cncc(-c2ccc(C(=O)NC(CCOC)c3csc(NS(=O)(=O)C4C=C4)n3)c(F)c2)n1. The molecular weight excluding hydrogens is 509 g/mol. The Kier molecular flexibility index (Phi) is 7.91. The van der Waals surface area contributed by atoms with Gasteiger partial charge in [-0.2, -0.15) is 0 Å². The number of halogens is 1. The molecule has 1 atom stereocenters. The van der Waals surface area contributed by atoms with Crippen molar-refractivity contribution in [2.75, 3.05) is 25.0 Å². The number of nitrogens with one attached hydrogen (secondary N) is 2. The zero-order chi connectivity index (χ0) is 25.7. The predicted molar refractivity (Wildman–Crippen MR) is 133 cm³/mol. The maximum Gasteiger partial charge on any atom is 0.254 e. The maximum absolute atomic E-state index is 14.9. The van der Waals surface area contributed by atoms with Gasteiger partial charge in [0, 0.05) is 24.7 Å². The first-order valence-corrected chi connectivity index (χ1v) is 13.4. The smallest absolute Gasteiger partial charge is 0.254 e. The number of methoxy groups -OCH3 is 1. The van der Waals surface area contributed by atoms with E-state index >= 15 is 0 Å². The van der Waals surface area contributed by atoms with E-state index < -0.39 is 33.0 Å². The number of rotatable bonds is 12. The van der Waals surface area contributed by atoms with Gasteiger partial charge in [0.25, 0.3) is 5.91 Å². The summed E-state index contributed by atoms with van der Waals surface area (Å²) in [5, 5.41) is 3.96. The lowest BCUT2D eigenvalue weighted by Crippen LogP contribution is -2.30. The van der Waals surface area contributed by atoms with Gasteiger partial charge in [0.05, 0.1) is 42.0 Å². The highest BCUT2D eigenvalue weighted by Crippen LogP contribution is 2.27. The second-order valence-electron chi connectivity index (χ2n) is 7.75. The third-order valence-electron chi connectivity index (χ3n) is 5.15. The van der Waals surface area contributed by atoms with Crippen LogP contribution in [0.5, 0.6) is 5.88 Å². The highest BCUT2D eigenvalue weighted by molar-refractivity contribution is 7.94. The van der Waals surface area contributed by atoms with Gasteiger partial charge in [-0.15, -0.1) is 11.3 Å². The normalized spacial score (nSPS) is 13.9. The number of carbonyl (C=O) groups excluding carboxylic acids is 1. The van der Waals surface area contributed by atoms with Crippen molar-refractivity contribution in [2.45, 2.75) is 24.6 Å². The minimum atomic E-state index is -3.57. The molecule has 190 valence electrons. The Labute approximate surface area is 211 Å². The van der Waals surface area contributed by atoms with Crippen LogP contribution in [0.1, 0.15) is 35.4 Å². The standard InChI is InChI=1S/C23H24FN5O5S2/c1-3-34-21-12-25-11-19(26-21)14-4-7-16(17(24)10-14)22(30)27-18(8-9-33-2)20-13-35-23(28-20)29-36(31,32)15-5-6-15/h4-7,10-13,15,18H,3,8-9H2,1-2H3,(H,27,30)(H,28,29). The van der Waals surface area contributed by atoms with E-state index in [1.165, 1.54) is 31.6 Å². The number of aromatic nitrogens is 3. The topological polar surface area (TPSA) is 132 Å². The number of sulfonamides is 1. The summed E-state index contributed by atoms with van der Waals surface area (Å²) in [5.41, 5.74) is 1.12. The van der Waals surface area contributed by atoms with E-state index in [-0.39, 0.29) is 10.7 Å². The summed E-state index contributed by atoms with van der Waals surface area (Å²) < 4.78 is 52.1. The number of benzene rings is 1. The van der Waals surface area contributed by atoms with E-state index in [1.54, 1.807) is 23.6 Å². The molecule has 2 aromatic heterocycles. The second-order valence-corrected chi connectivity index (χ2v) is 10.4. The van der Waals surface area contributed by atoms with Crippen LogP contribution in [-0.2, 0) is 14.8 Å². The van der Waals surface area contributed by atoms with E-state index in [2.05, 4.69) is 25.0 Å². The van der Waals surface area contributed by atoms with Gasteiger partial charge < -0.3 is 14.8 Å². The Balaban J connectivity index is 1.50. The van der Waals surface area contributed by atoms with Crippen LogP contribution < -0.4 is 14.8 Å². The number of hydrogen-bond acceptors (Lipinski definition) is 9. The highest BCUT2D eigenvalue weighted by Gasteiger charge is 2.29. The molecule has 0 fully saturated rings. The van der Waals surface area contributed by atoms with Gasteiger partial charge in [-0.05, 0) is 25.5 Å². The number of nitrogens with zero attached hydrogens (tertiary/aromatic N) is 3. The molecule has 1 aliphatic carbocycles. The fourth-order valence-corrected chi connectivity index (χ4v) is 5.34. The van der Waals surface area contributed by atoms with Crippen molar-refractivity contribution in [3.05, 3.63) is 65.2 Å². The fourth-order valence-electron chi connectivity index (χ4n) is 3.26. The van der Waals surface area contributed by atoms with Crippen molar-refractivity contribution in [3.8, 4) is 17.1 Å². The Morgan fingerprint density at radius 2 is 2.06 bits per heavy atom. The van der Waals surface area contributed by atoms with Crippen LogP contribution in [0.2, 0.25) is 0 Å². The largest absolute Gasteiger partial charge is 0.477 e. The lowest BCUT2D eigenvalue weighted by molar-refractivity contribution is 0.0919. The molecular formula is C23H24FN5O5S2. The van der Waals surface area contributed by atoms with Crippen molar-refractivity contribution in [2.24, 2.45) is 0 Å². The molecule has 1 aromatic carbocycles. The number of ether oxygens (including phenoxy) is 2. The lowest BCUT2D eigenvalue weighted by atomic mass is 10.1. The fraction of sp³-hybridized carbons (Fsp3) is 0.304. The van der Waals surface area contributed by atoms with E-state index in [1.807, 2.05) is 6.92 Å². The molecule has 0 saturated carbocycles. The van der Waals surface area contributed by atoms with E-state index in [4.69, 9.17) is 9.47 Å². The van der Waals surface area contributed by atoms with E-state index in [0.717, 1.165) is 11.3 Å². The van der Waals surface area contributed by atoms with Crippen molar-refractivity contribution in [1.82, 2.24) is 20.3 Å². The molecule has 0 saturated heterocycles. The van der Waals surface area contributed by atoms with E-state index in [9.17, 15) is 17.6 Å². The monoisotopic (exact) mass is 533 g/mol.